The number of thiophene rings is 1. The Morgan fingerprint density at radius 3 is 2.54 bits per heavy atom. The Balaban J connectivity index is 1.21. The highest BCUT2D eigenvalue weighted by molar-refractivity contribution is 7.10. The Kier molecular flexibility index (Phi) is 7.04. The van der Waals surface area contributed by atoms with Gasteiger partial charge in [0.05, 0.1) is 12.6 Å². The van der Waals surface area contributed by atoms with Crippen molar-refractivity contribution in [2.75, 3.05) is 44.6 Å². The molecule has 182 valence electrons. The Morgan fingerprint density at radius 2 is 1.77 bits per heavy atom. The first kappa shape index (κ1) is 23.8. The second kappa shape index (κ2) is 10.4. The van der Waals surface area contributed by atoms with Gasteiger partial charge in [0.25, 0.3) is 0 Å². The number of anilines is 1. The standard InChI is InChI=1S/C26H26ClFN4O2S/c27-19-4-2-6-21(16-19)29-26(34)31-12-10-30(11-13-31)24(33)17-32-9-7-23-22(8-14-35-23)25(32)18-3-1-5-20(28)15-18/h1-6,8,14-16,25H,7,9-13,17H2,(H,29,34)/t25-/m1/s1. The van der Waals surface area contributed by atoms with Gasteiger partial charge in [0.1, 0.15) is 5.82 Å². The summed E-state index contributed by atoms with van der Waals surface area (Å²) in [7, 11) is 0. The maximum absolute atomic E-state index is 14.0. The highest BCUT2D eigenvalue weighted by atomic mass is 35.5. The van der Waals surface area contributed by atoms with Crippen molar-refractivity contribution in [1.29, 1.82) is 0 Å². The summed E-state index contributed by atoms with van der Waals surface area (Å²) in [5.41, 5.74) is 2.66. The van der Waals surface area contributed by atoms with Gasteiger partial charge in [-0.05, 0) is 59.3 Å². The van der Waals surface area contributed by atoms with E-state index in [4.69, 9.17) is 11.6 Å². The van der Waals surface area contributed by atoms with Gasteiger partial charge in [0.15, 0.2) is 0 Å². The molecule has 5 rings (SSSR count). The van der Waals surface area contributed by atoms with Gasteiger partial charge in [-0.15, -0.1) is 11.3 Å². The molecule has 0 bridgehead atoms. The summed E-state index contributed by atoms with van der Waals surface area (Å²) >= 11 is 7.71. The van der Waals surface area contributed by atoms with E-state index in [9.17, 15) is 14.0 Å². The van der Waals surface area contributed by atoms with Crippen molar-refractivity contribution >= 4 is 40.6 Å². The number of amides is 3. The topological polar surface area (TPSA) is 55.9 Å². The number of carbonyl (C=O) groups is 2. The summed E-state index contributed by atoms with van der Waals surface area (Å²) in [6.45, 7) is 2.86. The SMILES string of the molecule is O=C(CN1CCc2sccc2[C@H]1c1cccc(F)c1)N1CCN(C(=O)Nc2cccc(Cl)c2)CC1. The Hall–Kier alpha value is -2.94. The molecule has 6 nitrogen and oxygen atoms in total. The lowest BCUT2D eigenvalue weighted by molar-refractivity contribution is -0.134. The van der Waals surface area contributed by atoms with Gasteiger partial charge < -0.3 is 15.1 Å². The minimum atomic E-state index is -0.275. The van der Waals surface area contributed by atoms with Gasteiger partial charge in [-0.25, -0.2) is 9.18 Å². The van der Waals surface area contributed by atoms with Crippen molar-refractivity contribution in [3.8, 4) is 0 Å². The van der Waals surface area contributed by atoms with Gasteiger partial charge in [-0.1, -0.05) is 29.8 Å². The first-order valence-corrected chi connectivity index (χ1v) is 12.9. The molecule has 35 heavy (non-hydrogen) atoms. The van der Waals surface area contributed by atoms with Crippen molar-refractivity contribution in [3.63, 3.8) is 0 Å². The van der Waals surface area contributed by atoms with Crippen LogP contribution in [-0.2, 0) is 11.2 Å². The molecular formula is C26H26ClFN4O2S. The second-order valence-corrected chi connectivity index (χ2v) is 10.2. The Labute approximate surface area is 212 Å². The number of hydrogen-bond donors (Lipinski definition) is 1. The van der Waals surface area contributed by atoms with E-state index in [1.165, 1.54) is 10.9 Å². The van der Waals surface area contributed by atoms with Gasteiger partial charge in [0, 0.05) is 48.3 Å². The van der Waals surface area contributed by atoms with Gasteiger partial charge in [0.2, 0.25) is 5.91 Å². The zero-order valence-electron chi connectivity index (χ0n) is 19.1. The number of halogens is 2. The van der Waals surface area contributed by atoms with Gasteiger partial charge >= 0.3 is 6.03 Å². The molecule has 9 heteroatoms. The van der Waals surface area contributed by atoms with Crippen LogP contribution in [0.25, 0.3) is 0 Å². The van der Waals surface area contributed by atoms with Crippen LogP contribution < -0.4 is 5.32 Å². The normalized spacial score (nSPS) is 18.3. The molecule has 1 N–H and O–H groups in total. The lowest BCUT2D eigenvalue weighted by atomic mass is 9.93. The number of urea groups is 1. The fourth-order valence-electron chi connectivity index (χ4n) is 4.81. The molecule has 2 aromatic carbocycles. The summed E-state index contributed by atoms with van der Waals surface area (Å²) in [6.07, 6.45) is 0.879. The van der Waals surface area contributed by atoms with Gasteiger partial charge in [-0.2, -0.15) is 0 Å². The van der Waals surface area contributed by atoms with Crippen molar-refractivity contribution in [1.82, 2.24) is 14.7 Å². The summed E-state index contributed by atoms with van der Waals surface area (Å²) in [5, 5.41) is 5.48. The zero-order chi connectivity index (χ0) is 24.4. The molecule has 0 radical (unpaired) electrons. The van der Waals surface area contributed by atoms with E-state index in [1.54, 1.807) is 52.6 Å². The van der Waals surface area contributed by atoms with Crippen LogP contribution in [0.2, 0.25) is 5.02 Å². The molecule has 3 aromatic rings. The summed E-state index contributed by atoms with van der Waals surface area (Å²) in [4.78, 5) is 32.8. The first-order chi connectivity index (χ1) is 17.0. The minimum Gasteiger partial charge on any atom is -0.338 e. The summed E-state index contributed by atoms with van der Waals surface area (Å²) in [6, 6.07) is 15.4. The monoisotopic (exact) mass is 512 g/mol. The number of carbonyl (C=O) groups excluding carboxylic acids is 2. The molecule has 1 aromatic heterocycles. The van der Waals surface area contributed by atoms with E-state index in [1.807, 2.05) is 11.0 Å². The Bertz CT molecular complexity index is 1230. The van der Waals surface area contributed by atoms with E-state index >= 15 is 0 Å². The summed E-state index contributed by atoms with van der Waals surface area (Å²) in [5.74, 6) is -0.247. The number of rotatable bonds is 4. The zero-order valence-corrected chi connectivity index (χ0v) is 20.7. The lowest BCUT2D eigenvalue weighted by Gasteiger charge is -2.39. The van der Waals surface area contributed by atoms with E-state index in [0.29, 0.717) is 36.9 Å². The largest absolute Gasteiger partial charge is 0.338 e. The van der Waals surface area contributed by atoms with Crippen molar-refractivity contribution in [3.05, 3.63) is 86.8 Å². The van der Waals surface area contributed by atoms with Crippen LogP contribution in [0.5, 0.6) is 0 Å². The number of hydrogen-bond acceptors (Lipinski definition) is 4. The number of benzene rings is 2. The number of nitrogens with zero attached hydrogens (tertiary/aromatic N) is 3. The molecule has 0 spiro atoms. The van der Waals surface area contributed by atoms with Crippen LogP contribution in [0.3, 0.4) is 0 Å². The third-order valence-electron chi connectivity index (χ3n) is 6.56. The highest BCUT2D eigenvalue weighted by Gasteiger charge is 2.33. The highest BCUT2D eigenvalue weighted by Crippen LogP contribution is 2.37. The smallest absolute Gasteiger partial charge is 0.321 e. The maximum Gasteiger partial charge on any atom is 0.321 e. The molecular weight excluding hydrogens is 487 g/mol. The number of fused-ring (bicyclic) bond motifs is 1. The predicted molar refractivity (Wildman–Crippen MR) is 136 cm³/mol. The number of piperazine rings is 1. The van der Waals surface area contributed by atoms with Crippen molar-refractivity contribution < 1.29 is 14.0 Å². The third kappa shape index (κ3) is 5.34. The predicted octanol–water partition coefficient (Wildman–Crippen LogP) is 4.86. The fourth-order valence-corrected chi connectivity index (χ4v) is 5.90. The molecule has 2 aliphatic heterocycles. The first-order valence-electron chi connectivity index (χ1n) is 11.6. The van der Waals surface area contributed by atoms with Crippen LogP contribution in [0, 0.1) is 5.82 Å². The van der Waals surface area contributed by atoms with Crippen LogP contribution in [-0.4, -0.2) is 65.9 Å². The molecule has 1 fully saturated rings. The third-order valence-corrected chi connectivity index (χ3v) is 7.80. The van der Waals surface area contributed by atoms with E-state index in [2.05, 4.69) is 21.7 Å². The molecule has 3 heterocycles. The number of nitrogens with one attached hydrogen (secondary N) is 1. The maximum atomic E-state index is 14.0. The van der Waals surface area contributed by atoms with Crippen LogP contribution >= 0.6 is 22.9 Å². The fraction of sp³-hybridized carbons (Fsp3) is 0.308. The van der Waals surface area contributed by atoms with Crippen molar-refractivity contribution in [2.24, 2.45) is 0 Å². The molecule has 2 aliphatic rings. The molecule has 0 unspecified atom stereocenters. The summed E-state index contributed by atoms with van der Waals surface area (Å²) < 4.78 is 14.0. The molecule has 3 amide bonds. The van der Waals surface area contributed by atoms with E-state index in [0.717, 1.165) is 24.1 Å². The average Bonchev–Trinajstić information content (AvgIpc) is 3.33. The quantitative estimate of drug-likeness (QED) is 0.543. The van der Waals surface area contributed by atoms with Gasteiger partial charge in [-0.3, -0.25) is 9.69 Å². The van der Waals surface area contributed by atoms with Crippen LogP contribution in [0.4, 0.5) is 14.9 Å². The molecule has 1 atom stereocenters. The van der Waals surface area contributed by atoms with Crippen molar-refractivity contribution in [2.45, 2.75) is 12.5 Å². The Morgan fingerprint density at radius 1 is 1.00 bits per heavy atom. The molecule has 0 aliphatic carbocycles. The average molecular weight is 513 g/mol. The molecule has 0 saturated carbocycles. The van der Waals surface area contributed by atoms with Crippen LogP contribution in [0.1, 0.15) is 22.0 Å². The van der Waals surface area contributed by atoms with Crippen LogP contribution in [0.15, 0.2) is 60.0 Å². The molecule has 1 saturated heterocycles. The van der Waals surface area contributed by atoms with E-state index < -0.39 is 0 Å². The lowest BCUT2D eigenvalue weighted by Crippen LogP contribution is -2.54. The second-order valence-electron chi connectivity index (χ2n) is 8.79. The van der Waals surface area contributed by atoms with E-state index in [-0.39, 0.29) is 30.3 Å². The minimum absolute atomic E-state index is 0.0278.